The van der Waals surface area contributed by atoms with Gasteiger partial charge in [-0.05, 0) is 54.5 Å². The van der Waals surface area contributed by atoms with Crippen molar-refractivity contribution in [2.75, 3.05) is 0 Å². The van der Waals surface area contributed by atoms with Gasteiger partial charge in [-0.2, -0.15) is 0 Å². The smallest absolute Gasteiger partial charge is 0.0311 e. The lowest BCUT2D eigenvalue weighted by atomic mass is 9.70. The van der Waals surface area contributed by atoms with Gasteiger partial charge in [-0.25, -0.2) is 0 Å². The summed E-state index contributed by atoms with van der Waals surface area (Å²) in [4.78, 5) is 1.49. The van der Waals surface area contributed by atoms with Crippen molar-refractivity contribution in [3.05, 3.63) is 71.3 Å². The highest BCUT2D eigenvalue weighted by Gasteiger charge is 2.48. The SMILES string of the molecule is Cc1cccc2c1C1C=C(c3ccccc3)CC(C)C1(C)S2. The van der Waals surface area contributed by atoms with Crippen LogP contribution in [0.1, 0.15) is 42.9 Å². The van der Waals surface area contributed by atoms with Crippen molar-refractivity contribution in [1.82, 2.24) is 0 Å². The molecule has 0 saturated heterocycles. The summed E-state index contributed by atoms with van der Waals surface area (Å²) in [6, 6.07) is 17.7. The maximum atomic E-state index is 2.56. The van der Waals surface area contributed by atoms with E-state index in [0.717, 1.165) is 0 Å². The molecule has 2 aliphatic rings. The van der Waals surface area contributed by atoms with E-state index >= 15 is 0 Å². The minimum absolute atomic E-state index is 0.298. The third kappa shape index (κ3) is 1.99. The Balaban J connectivity index is 1.87. The normalized spacial score (nSPS) is 29.7. The fourth-order valence-corrected chi connectivity index (χ4v) is 5.67. The van der Waals surface area contributed by atoms with Crippen molar-refractivity contribution in [3.8, 4) is 0 Å². The molecule has 112 valence electrons. The summed E-state index contributed by atoms with van der Waals surface area (Å²) in [5.41, 5.74) is 5.92. The second-order valence-corrected chi connectivity index (χ2v) is 8.44. The molecular weight excluding hydrogens is 284 g/mol. The van der Waals surface area contributed by atoms with Gasteiger partial charge in [0.1, 0.15) is 0 Å². The fraction of sp³-hybridized carbons (Fsp3) is 0.333. The molecule has 0 radical (unpaired) electrons. The lowest BCUT2D eigenvalue weighted by Crippen LogP contribution is -2.35. The Kier molecular flexibility index (Phi) is 3.23. The number of aryl methyl sites for hydroxylation is 1. The first kappa shape index (κ1) is 14.1. The molecule has 1 aliphatic carbocycles. The average molecular weight is 306 g/mol. The molecule has 0 saturated carbocycles. The van der Waals surface area contributed by atoms with E-state index in [1.165, 1.54) is 28.0 Å². The number of fused-ring (bicyclic) bond motifs is 3. The van der Waals surface area contributed by atoms with Crippen molar-refractivity contribution < 1.29 is 0 Å². The van der Waals surface area contributed by atoms with E-state index in [4.69, 9.17) is 0 Å². The van der Waals surface area contributed by atoms with Gasteiger partial charge >= 0.3 is 0 Å². The zero-order chi connectivity index (χ0) is 15.3. The second kappa shape index (κ2) is 5.03. The molecule has 0 spiro atoms. The summed E-state index contributed by atoms with van der Waals surface area (Å²) in [7, 11) is 0. The number of allylic oxidation sites excluding steroid dienone is 2. The monoisotopic (exact) mass is 306 g/mol. The number of hydrogen-bond acceptors (Lipinski definition) is 1. The van der Waals surface area contributed by atoms with Crippen molar-refractivity contribution in [3.63, 3.8) is 0 Å². The standard InChI is InChI=1S/C21H22S/c1-14-8-7-11-19-20(14)18-13-17(16-9-5-4-6-10-16)12-15(2)21(18,3)22-19/h4-11,13,15,18H,12H2,1-3H3. The Bertz CT molecular complexity index is 744. The molecule has 0 aromatic heterocycles. The van der Waals surface area contributed by atoms with Crippen LogP contribution in [-0.4, -0.2) is 4.75 Å². The zero-order valence-corrected chi connectivity index (χ0v) is 14.3. The lowest BCUT2D eigenvalue weighted by Gasteiger charge is -2.40. The topological polar surface area (TPSA) is 0 Å². The number of hydrogen-bond donors (Lipinski definition) is 0. The molecule has 0 nitrogen and oxygen atoms in total. The van der Waals surface area contributed by atoms with Crippen LogP contribution in [0.4, 0.5) is 0 Å². The molecule has 3 atom stereocenters. The van der Waals surface area contributed by atoms with Gasteiger partial charge in [0.25, 0.3) is 0 Å². The van der Waals surface area contributed by atoms with Gasteiger partial charge in [0.15, 0.2) is 0 Å². The van der Waals surface area contributed by atoms with Gasteiger partial charge in [0.05, 0.1) is 0 Å². The quantitative estimate of drug-likeness (QED) is 0.616. The van der Waals surface area contributed by atoms with Crippen molar-refractivity contribution in [2.24, 2.45) is 5.92 Å². The Morgan fingerprint density at radius 3 is 2.59 bits per heavy atom. The molecule has 3 unspecified atom stereocenters. The van der Waals surface area contributed by atoms with Crippen molar-refractivity contribution in [1.29, 1.82) is 0 Å². The maximum Gasteiger partial charge on any atom is 0.0311 e. The summed E-state index contributed by atoms with van der Waals surface area (Å²) in [6.07, 6.45) is 3.73. The Hall–Kier alpha value is -1.47. The zero-order valence-electron chi connectivity index (χ0n) is 13.5. The van der Waals surface area contributed by atoms with Gasteiger partial charge < -0.3 is 0 Å². The van der Waals surface area contributed by atoms with Crippen LogP contribution in [-0.2, 0) is 0 Å². The van der Waals surface area contributed by atoms with Crippen LogP contribution < -0.4 is 0 Å². The summed E-state index contributed by atoms with van der Waals surface area (Å²) in [5.74, 6) is 1.21. The van der Waals surface area contributed by atoms with Gasteiger partial charge in [-0.3, -0.25) is 0 Å². The fourth-order valence-electron chi connectivity index (χ4n) is 4.05. The van der Waals surface area contributed by atoms with Crippen LogP contribution in [0, 0.1) is 12.8 Å². The second-order valence-electron chi connectivity index (χ2n) is 6.91. The number of benzene rings is 2. The largest absolute Gasteiger partial charge is 0.118 e. The van der Waals surface area contributed by atoms with Gasteiger partial charge in [-0.15, -0.1) is 11.8 Å². The molecule has 0 amide bonds. The summed E-state index contributed by atoms with van der Waals surface area (Å²) < 4.78 is 0.298. The van der Waals surface area contributed by atoms with Gasteiger partial charge in [0.2, 0.25) is 0 Å². The summed E-state index contributed by atoms with van der Waals surface area (Å²) >= 11 is 2.10. The van der Waals surface area contributed by atoms with E-state index in [9.17, 15) is 0 Å². The van der Waals surface area contributed by atoms with E-state index < -0.39 is 0 Å². The summed E-state index contributed by atoms with van der Waals surface area (Å²) in [6.45, 7) is 7.16. The molecule has 4 rings (SSSR count). The maximum absolute atomic E-state index is 2.56. The number of rotatable bonds is 1. The highest BCUT2D eigenvalue weighted by molar-refractivity contribution is 8.01. The molecule has 22 heavy (non-hydrogen) atoms. The van der Waals surface area contributed by atoms with E-state index in [1.807, 2.05) is 0 Å². The van der Waals surface area contributed by atoms with Crippen LogP contribution in [0.15, 0.2) is 59.5 Å². The van der Waals surface area contributed by atoms with Crippen molar-refractivity contribution in [2.45, 2.75) is 42.8 Å². The molecule has 1 aliphatic heterocycles. The Morgan fingerprint density at radius 1 is 1.05 bits per heavy atom. The molecule has 1 heteroatoms. The average Bonchev–Trinajstić information content (AvgIpc) is 2.83. The van der Waals surface area contributed by atoms with E-state index in [-0.39, 0.29) is 0 Å². The lowest BCUT2D eigenvalue weighted by molar-refractivity contribution is 0.400. The summed E-state index contributed by atoms with van der Waals surface area (Å²) in [5, 5.41) is 0. The van der Waals surface area contributed by atoms with E-state index in [0.29, 0.717) is 16.6 Å². The van der Waals surface area contributed by atoms with Crippen LogP contribution in [0.5, 0.6) is 0 Å². The molecular formula is C21H22S. The predicted molar refractivity (Wildman–Crippen MR) is 96.4 cm³/mol. The van der Waals surface area contributed by atoms with Gasteiger partial charge in [-0.1, -0.05) is 55.5 Å². The van der Waals surface area contributed by atoms with Crippen LogP contribution in [0.25, 0.3) is 5.57 Å². The Labute approximate surface area is 137 Å². The first-order valence-electron chi connectivity index (χ1n) is 8.14. The van der Waals surface area contributed by atoms with Crippen LogP contribution in [0.3, 0.4) is 0 Å². The first-order valence-corrected chi connectivity index (χ1v) is 8.96. The third-order valence-corrected chi connectivity index (χ3v) is 7.23. The first-order chi connectivity index (χ1) is 10.6. The van der Waals surface area contributed by atoms with Crippen LogP contribution in [0.2, 0.25) is 0 Å². The molecule has 0 bridgehead atoms. The minimum atomic E-state index is 0.298. The van der Waals surface area contributed by atoms with Gasteiger partial charge in [0, 0.05) is 15.6 Å². The molecule has 0 N–H and O–H groups in total. The predicted octanol–water partition coefficient (Wildman–Crippen LogP) is 6.07. The van der Waals surface area contributed by atoms with E-state index in [1.54, 1.807) is 5.56 Å². The van der Waals surface area contributed by atoms with Crippen LogP contribution >= 0.6 is 11.8 Å². The third-order valence-electron chi connectivity index (χ3n) is 5.56. The van der Waals surface area contributed by atoms with E-state index in [2.05, 4.69) is 87.1 Å². The molecule has 0 fully saturated rings. The molecule has 2 aromatic carbocycles. The molecule has 2 aromatic rings. The highest BCUT2D eigenvalue weighted by Crippen LogP contribution is 2.61. The number of thioether (sulfide) groups is 1. The molecule has 1 heterocycles. The minimum Gasteiger partial charge on any atom is -0.118 e. The Morgan fingerprint density at radius 2 is 1.82 bits per heavy atom. The highest BCUT2D eigenvalue weighted by atomic mass is 32.2. The van der Waals surface area contributed by atoms with Crippen molar-refractivity contribution >= 4 is 17.3 Å².